The van der Waals surface area contributed by atoms with Crippen LogP contribution in [0.1, 0.15) is 59.8 Å². The van der Waals surface area contributed by atoms with Crippen molar-refractivity contribution in [2.24, 2.45) is 5.41 Å². The Labute approximate surface area is 134 Å². The number of amides is 2. The Hall–Kier alpha value is -1.10. The van der Waals surface area contributed by atoms with Crippen LogP contribution in [0.3, 0.4) is 0 Å². The van der Waals surface area contributed by atoms with Gasteiger partial charge in [0.2, 0.25) is 11.8 Å². The highest BCUT2D eigenvalue weighted by Gasteiger charge is 2.28. The van der Waals surface area contributed by atoms with Crippen molar-refractivity contribution in [3.05, 3.63) is 0 Å². The van der Waals surface area contributed by atoms with Gasteiger partial charge in [0, 0.05) is 39.1 Å². The Kier molecular flexibility index (Phi) is 7.87. The molecule has 1 saturated heterocycles. The number of carbonyl (C=O) groups is 2. The van der Waals surface area contributed by atoms with Gasteiger partial charge in [-0.15, -0.1) is 0 Å². The van der Waals surface area contributed by atoms with E-state index in [9.17, 15) is 9.59 Å². The molecule has 22 heavy (non-hydrogen) atoms. The van der Waals surface area contributed by atoms with Crippen molar-refractivity contribution < 1.29 is 14.3 Å². The van der Waals surface area contributed by atoms with Crippen molar-refractivity contribution in [2.45, 2.75) is 65.9 Å². The average Bonchev–Trinajstić information content (AvgIpc) is 2.90. The maximum Gasteiger partial charge on any atom is 0.223 e. The van der Waals surface area contributed by atoms with Gasteiger partial charge in [-0.25, -0.2) is 0 Å². The van der Waals surface area contributed by atoms with Crippen LogP contribution in [-0.4, -0.2) is 49.1 Å². The maximum atomic E-state index is 12.2. The molecule has 128 valence electrons. The van der Waals surface area contributed by atoms with Gasteiger partial charge in [-0.1, -0.05) is 13.8 Å². The summed E-state index contributed by atoms with van der Waals surface area (Å²) in [5.74, 6) is 0.199. The number of nitrogens with one attached hydrogen (secondary N) is 1. The topological polar surface area (TPSA) is 58.6 Å². The molecule has 1 heterocycles. The number of carbonyl (C=O) groups excluding carboxylic acids is 2. The Morgan fingerprint density at radius 1 is 1.18 bits per heavy atom. The molecule has 5 heteroatoms. The summed E-state index contributed by atoms with van der Waals surface area (Å²) in [5, 5.41) is 2.91. The van der Waals surface area contributed by atoms with Gasteiger partial charge in [-0.3, -0.25) is 9.59 Å². The van der Waals surface area contributed by atoms with Gasteiger partial charge in [-0.2, -0.15) is 0 Å². The molecule has 1 aliphatic rings. The second-order valence-corrected chi connectivity index (χ2v) is 7.23. The lowest BCUT2D eigenvalue weighted by molar-refractivity contribution is -0.133. The van der Waals surface area contributed by atoms with Gasteiger partial charge in [0.25, 0.3) is 0 Å². The van der Waals surface area contributed by atoms with Crippen molar-refractivity contribution in [3.8, 4) is 0 Å². The van der Waals surface area contributed by atoms with Gasteiger partial charge in [0.05, 0.1) is 6.10 Å². The third-order valence-corrected chi connectivity index (χ3v) is 3.82. The van der Waals surface area contributed by atoms with E-state index in [0.29, 0.717) is 26.0 Å². The molecule has 0 spiro atoms. The van der Waals surface area contributed by atoms with Crippen LogP contribution in [0.25, 0.3) is 0 Å². The largest absolute Gasteiger partial charge is 0.379 e. The smallest absolute Gasteiger partial charge is 0.223 e. The van der Waals surface area contributed by atoms with E-state index in [0.717, 1.165) is 32.4 Å². The first-order chi connectivity index (χ1) is 10.3. The third-order valence-electron chi connectivity index (χ3n) is 3.82. The lowest BCUT2D eigenvalue weighted by Gasteiger charge is -2.26. The Morgan fingerprint density at radius 3 is 2.41 bits per heavy atom. The zero-order chi connectivity index (χ0) is 16.6. The van der Waals surface area contributed by atoms with E-state index in [1.165, 1.54) is 0 Å². The number of likely N-dealkylation sites (tertiary alicyclic amines) is 1. The summed E-state index contributed by atoms with van der Waals surface area (Å²) in [4.78, 5) is 26.1. The molecule has 0 unspecified atom stereocenters. The highest BCUT2D eigenvalue weighted by atomic mass is 16.5. The normalized spacial score (nSPS) is 15.4. The molecule has 1 aliphatic heterocycles. The first-order valence-electron chi connectivity index (χ1n) is 8.46. The number of hydrogen-bond acceptors (Lipinski definition) is 3. The number of ether oxygens (including phenoxy) is 1. The van der Waals surface area contributed by atoms with E-state index in [1.807, 2.05) is 32.6 Å². The summed E-state index contributed by atoms with van der Waals surface area (Å²) in [5.41, 5.74) is -0.293. The van der Waals surface area contributed by atoms with E-state index in [-0.39, 0.29) is 23.3 Å². The van der Waals surface area contributed by atoms with Crippen LogP contribution < -0.4 is 5.32 Å². The van der Waals surface area contributed by atoms with E-state index in [2.05, 4.69) is 5.32 Å². The molecular weight excluding hydrogens is 280 g/mol. The lowest BCUT2D eigenvalue weighted by Crippen LogP contribution is -2.35. The molecule has 1 N–H and O–H groups in total. The molecule has 0 saturated carbocycles. The second kappa shape index (κ2) is 9.13. The Bertz CT molecular complexity index is 361. The van der Waals surface area contributed by atoms with E-state index >= 15 is 0 Å². The zero-order valence-electron chi connectivity index (χ0n) is 14.6. The summed E-state index contributed by atoms with van der Waals surface area (Å²) < 4.78 is 5.43. The minimum atomic E-state index is -0.293. The molecule has 2 amide bonds. The van der Waals surface area contributed by atoms with Crippen molar-refractivity contribution in [2.75, 3.05) is 26.2 Å². The van der Waals surface area contributed by atoms with Crippen LogP contribution in [0.2, 0.25) is 0 Å². The molecule has 0 aliphatic carbocycles. The van der Waals surface area contributed by atoms with E-state index in [1.54, 1.807) is 0 Å². The monoisotopic (exact) mass is 312 g/mol. The van der Waals surface area contributed by atoms with Crippen molar-refractivity contribution in [1.29, 1.82) is 0 Å². The minimum absolute atomic E-state index is 0.0174. The number of hydrogen-bond donors (Lipinski definition) is 1. The van der Waals surface area contributed by atoms with Gasteiger partial charge in [0.15, 0.2) is 0 Å². The van der Waals surface area contributed by atoms with Crippen LogP contribution in [0.15, 0.2) is 0 Å². The third kappa shape index (κ3) is 7.78. The zero-order valence-corrected chi connectivity index (χ0v) is 14.6. The maximum absolute atomic E-state index is 12.2. The van der Waals surface area contributed by atoms with E-state index < -0.39 is 0 Å². The van der Waals surface area contributed by atoms with E-state index in [4.69, 9.17) is 4.74 Å². The lowest BCUT2D eigenvalue weighted by atomic mass is 9.84. The fourth-order valence-electron chi connectivity index (χ4n) is 2.67. The summed E-state index contributed by atoms with van der Waals surface area (Å²) in [6.45, 7) is 11.0. The molecule has 0 atom stereocenters. The molecule has 0 aromatic carbocycles. The molecular formula is C17H32N2O3. The molecule has 0 bridgehead atoms. The molecule has 5 nitrogen and oxygen atoms in total. The molecule has 1 rings (SSSR count). The van der Waals surface area contributed by atoms with Crippen LogP contribution in [0.5, 0.6) is 0 Å². The summed E-state index contributed by atoms with van der Waals surface area (Å²) in [7, 11) is 0. The Balaban J connectivity index is 2.21. The molecule has 0 aromatic heterocycles. The fourth-order valence-corrected chi connectivity index (χ4v) is 2.67. The van der Waals surface area contributed by atoms with Gasteiger partial charge < -0.3 is 15.0 Å². The van der Waals surface area contributed by atoms with Crippen LogP contribution in [0, 0.1) is 5.41 Å². The van der Waals surface area contributed by atoms with Crippen molar-refractivity contribution in [3.63, 3.8) is 0 Å². The minimum Gasteiger partial charge on any atom is -0.379 e. The average molecular weight is 312 g/mol. The summed E-state index contributed by atoms with van der Waals surface area (Å²) >= 11 is 0. The number of nitrogens with zero attached hydrogens (tertiary/aromatic N) is 1. The predicted molar refractivity (Wildman–Crippen MR) is 87.5 cm³/mol. The molecule has 1 fully saturated rings. The van der Waals surface area contributed by atoms with Crippen molar-refractivity contribution in [1.82, 2.24) is 10.2 Å². The first-order valence-corrected chi connectivity index (χ1v) is 8.46. The molecule has 0 radical (unpaired) electrons. The SMILES string of the molecule is CC(C)OCCCNC(=O)CC(C)(C)CC(=O)N1CCCC1. The summed E-state index contributed by atoms with van der Waals surface area (Å²) in [6.07, 6.45) is 4.08. The predicted octanol–water partition coefficient (Wildman–Crippen LogP) is 2.35. The fraction of sp³-hybridized carbons (Fsp3) is 0.882. The van der Waals surface area contributed by atoms with Crippen LogP contribution in [0.4, 0.5) is 0 Å². The number of rotatable bonds is 9. The van der Waals surface area contributed by atoms with Crippen molar-refractivity contribution >= 4 is 11.8 Å². The van der Waals surface area contributed by atoms with Gasteiger partial charge in [0.1, 0.15) is 0 Å². The quantitative estimate of drug-likeness (QED) is 0.665. The highest BCUT2D eigenvalue weighted by molar-refractivity contribution is 5.80. The summed E-state index contributed by atoms with van der Waals surface area (Å²) in [6, 6.07) is 0. The Morgan fingerprint density at radius 2 is 1.82 bits per heavy atom. The standard InChI is InChI=1S/C17H32N2O3/c1-14(2)22-11-7-8-18-15(20)12-17(3,4)13-16(21)19-9-5-6-10-19/h14H,5-13H2,1-4H3,(H,18,20). The molecule has 0 aromatic rings. The van der Waals surface area contributed by atoms with Gasteiger partial charge in [-0.05, 0) is 38.5 Å². The van der Waals surface area contributed by atoms with Crippen LogP contribution >= 0.6 is 0 Å². The van der Waals surface area contributed by atoms with Crippen LogP contribution in [-0.2, 0) is 14.3 Å². The second-order valence-electron chi connectivity index (χ2n) is 7.23. The highest BCUT2D eigenvalue weighted by Crippen LogP contribution is 2.26. The first kappa shape index (κ1) is 18.9. The van der Waals surface area contributed by atoms with Gasteiger partial charge >= 0.3 is 0 Å².